The Hall–Kier alpha value is -8.47. The largest absolute Gasteiger partial charge is 0.309 e. The summed E-state index contributed by atoms with van der Waals surface area (Å²) in [7, 11) is 0. The van der Waals surface area contributed by atoms with Crippen molar-refractivity contribution in [3.63, 3.8) is 0 Å². The van der Waals surface area contributed by atoms with Crippen molar-refractivity contribution in [1.82, 2.24) is 19.5 Å². The number of hydrogen-bond donors (Lipinski definition) is 0. The third-order valence-electron chi connectivity index (χ3n) is 12.2. The molecule has 4 heteroatoms. The van der Waals surface area contributed by atoms with E-state index in [1.165, 1.54) is 27.2 Å². The third-order valence-corrected chi connectivity index (χ3v) is 12.2. The van der Waals surface area contributed by atoms with E-state index in [0.29, 0.717) is 5.82 Å². The fourth-order valence-corrected chi connectivity index (χ4v) is 9.21. The summed E-state index contributed by atoms with van der Waals surface area (Å²) in [5, 5.41) is 5.97. The number of benzene rings is 9. The Morgan fingerprint density at radius 2 is 0.810 bits per heavy atom. The van der Waals surface area contributed by atoms with Gasteiger partial charge in [0.1, 0.15) is 0 Å². The normalized spacial score (nSPS) is 11.5. The van der Waals surface area contributed by atoms with Gasteiger partial charge in [0, 0.05) is 54.9 Å². The molecule has 0 saturated carbocycles. The fraction of sp³-hybridized carbons (Fsp3) is 0. The Balaban J connectivity index is 0.960. The standard InChI is InChI=1S/C59H38N4/c1-4-16-39(17-5-1)44-21-15-23-46(37-44)59-61-52(41-18-6-2-7-19-41)38-53(62-59)42-32-30-40(31-33-42)43-20-14-22-45(36-43)58-50-34-35-55-57(56(50)48-26-10-12-28-51(48)60-58)49-27-11-13-29-54(49)63(55)47-24-8-3-9-25-47/h1-38H. The molecule has 0 N–H and O–H groups in total. The molecule has 63 heavy (non-hydrogen) atoms. The Morgan fingerprint density at radius 1 is 0.286 bits per heavy atom. The van der Waals surface area contributed by atoms with E-state index in [1.807, 2.05) is 12.1 Å². The molecule has 0 aliphatic carbocycles. The molecule has 0 aliphatic heterocycles. The first kappa shape index (κ1) is 36.4. The van der Waals surface area contributed by atoms with E-state index in [-0.39, 0.29) is 0 Å². The minimum absolute atomic E-state index is 0.693. The molecule has 12 aromatic rings. The van der Waals surface area contributed by atoms with Crippen molar-refractivity contribution >= 4 is 43.5 Å². The zero-order chi connectivity index (χ0) is 41.7. The number of aromatic nitrogens is 4. The van der Waals surface area contributed by atoms with Gasteiger partial charge >= 0.3 is 0 Å². The van der Waals surface area contributed by atoms with Crippen molar-refractivity contribution in [1.29, 1.82) is 0 Å². The van der Waals surface area contributed by atoms with E-state index in [2.05, 4.69) is 223 Å². The summed E-state index contributed by atoms with van der Waals surface area (Å²) in [4.78, 5) is 15.7. The molecule has 4 nitrogen and oxygen atoms in total. The van der Waals surface area contributed by atoms with Crippen LogP contribution in [0.1, 0.15) is 0 Å². The Bertz CT molecular complexity index is 3650. The van der Waals surface area contributed by atoms with Gasteiger partial charge in [0.2, 0.25) is 0 Å². The lowest BCUT2D eigenvalue weighted by Crippen LogP contribution is -1.96. The van der Waals surface area contributed by atoms with Crippen LogP contribution >= 0.6 is 0 Å². The molecule has 9 aromatic carbocycles. The van der Waals surface area contributed by atoms with Crippen LogP contribution in [0.2, 0.25) is 0 Å². The molecule has 0 fully saturated rings. The molecule has 0 bridgehead atoms. The van der Waals surface area contributed by atoms with Crippen LogP contribution in [0.25, 0.3) is 117 Å². The van der Waals surface area contributed by atoms with Gasteiger partial charge in [-0.2, -0.15) is 0 Å². The Labute approximate surface area is 365 Å². The predicted octanol–water partition coefficient (Wildman–Crippen LogP) is 15.3. The Kier molecular flexibility index (Phi) is 8.79. The molecule has 0 spiro atoms. The third kappa shape index (κ3) is 6.44. The summed E-state index contributed by atoms with van der Waals surface area (Å²) < 4.78 is 2.39. The highest BCUT2D eigenvalue weighted by Gasteiger charge is 2.20. The highest BCUT2D eigenvalue weighted by atomic mass is 15.0. The van der Waals surface area contributed by atoms with Crippen LogP contribution in [0.5, 0.6) is 0 Å². The number of nitrogens with zero attached hydrogens (tertiary/aromatic N) is 4. The van der Waals surface area contributed by atoms with Gasteiger partial charge in [0.15, 0.2) is 5.82 Å². The molecule has 0 aliphatic rings. The van der Waals surface area contributed by atoms with E-state index < -0.39 is 0 Å². The minimum Gasteiger partial charge on any atom is -0.309 e. The molecule has 0 saturated heterocycles. The van der Waals surface area contributed by atoms with Crippen molar-refractivity contribution in [3.8, 4) is 73.1 Å². The number of rotatable bonds is 7. The number of fused-ring (bicyclic) bond motifs is 7. The van der Waals surface area contributed by atoms with Crippen molar-refractivity contribution in [2.75, 3.05) is 0 Å². The maximum atomic E-state index is 5.38. The summed E-state index contributed by atoms with van der Waals surface area (Å²) in [5.74, 6) is 0.693. The molecular weight excluding hydrogens is 765 g/mol. The number of pyridine rings is 1. The second kappa shape index (κ2) is 15.2. The maximum absolute atomic E-state index is 5.38. The Morgan fingerprint density at radius 3 is 1.54 bits per heavy atom. The molecule has 12 rings (SSSR count). The first-order valence-corrected chi connectivity index (χ1v) is 21.4. The lowest BCUT2D eigenvalue weighted by molar-refractivity contribution is 1.18. The second-order valence-corrected chi connectivity index (χ2v) is 16.0. The maximum Gasteiger partial charge on any atom is 0.160 e. The highest BCUT2D eigenvalue weighted by Crippen LogP contribution is 2.43. The summed E-state index contributed by atoms with van der Waals surface area (Å²) in [6, 6.07) is 81.4. The van der Waals surface area contributed by atoms with Crippen LogP contribution in [-0.2, 0) is 0 Å². The fourth-order valence-electron chi connectivity index (χ4n) is 9.21. The quantitative estimate of drug-likeness (QED) is 0.151. The van der Waals surface area contributed by atoms with Gasteiger partial charge in [0.05, 0.1) is 33.6 Å². The summed E-state index contributed by atoms with van der Waals surface area (Å²) in [6.45, 7) is 0. The number of para-hydroxylation sites is 3. The topological polar surface area (TPSA) is 43.6 Å². The smallest absolute Gasteiger partial charge is 0.160 e. The SMILES string of the molecule is c1ccc(-c2cccc(-c3nc(-c4ccccc4)cc(-c4ccc(-c5cccc(-c6nc7ccccc7c7c6ccc6c7c7ccccc7n6-c6ccccc6)c5)cc4)n3)c2)cc1. The zero-order valence-electron chi connectivity index (χ0n) is 34.2. The summed E-state index contributed by atoms with van der Waals surface area (Å²) in [5.41, 5.74) is 15.9. The lowest BCUT2D eigenvalue weighted by Gasteiger charge is -2.14. The summed E-state index contributed by atoms with van der Waals surface area (Å²) in [6.07, 6.45) is 0. The lowest BCUT2D eigenvalue weighted by atomic mass is 9.94. The van der Waals surface area contributed by atoms with Crippen LogP contribution in [0.3, 0.4) is 0 Å². The van der Waals surface area contributed by atoms with Gasteiger partial charge in [-0.25, -0.2) is 15.0 Å². The van der Waals surface area contributed by atoms with Gasteiger partial charge in [-0.15, -0.1) is 0 Å². The van der Waals surface area contributed by atoms with E-state index in [0.717, 1.165) is 83.6 Å². The average molecular weight is 803 g/mol. The first-order chi connectivity index (χ1) is 31.2. The van der Waals surface area contributed by atoms with E-state index >= 15 is 0 Å². The molecule has 294 valence electrons. The van der Waals surface area contributed by atoms with Gasteiger partial charge in [-0.1, -0.05) is 182 Å². The molecule has 3 heterocycles. The summed E-state index contributed by atoms with van der Waals surface area (Å²) >= 11 is 0. The van der Waals surface area contributed by atoms with Crippen LogP contribution in [0.4, 0.5) is 0 Å². The zero-order valence-corrected chi connectivity index (χ0v) is 34.2. The minimum atomic E-state index is 0.693. The monoisotopic (exact) mass is 802 g/mol. The molecular formula is C59H38N4. The van der Waals surface area contributed by atoms with Crippen molar-refractivity contribution in [3.05, 3.63) is 231 Å². The van der Waals surface area contributed by atoms with Crippen LogP contribution < -0.4 is 0 Å². The van der Waals surface area contributed by atoms with Crippen molar-refractivity contribution < 1.29 is 0 Å². The molecule has 0 amide bonds. The second-order valence-electron chi connectivity index (χ2n) is 16.0. The van der Waals surface area contributed by atoms with Gasteiger partial charge in [-0.3, -0.25) is 0 Å². The average Bonchev–Trinajstić information content (AvgIpc) is 3.71. The first-order valence-electron chi connectivity index (χ1n) is 21.4. The highest BCUT2D eigenvalue weighted by molar-refractivity contribution is 6.29. The van der Waals surface area contributed by atoms with E-state index in [1.54, 1.807) is 0 Å². The van der Waals surface area contributed by atoms with Crippen molar-refractivity contribution in [2.45, 2.75) is 0 Å². The van der Waals surface area contributed by atoms with Crippen LogP contribution in [0.15, 0.2) is 231 Å². The molecule has 0 unspecified atom stereocenters. The number of hydrogen-bond acceptors (Lipinski definition) is 3. The van der Waals surface area contributed by atoms with E-state index in [9.17, 15) is 0 Å². The molecule has 0 atom stereocenters. The van der Waals surface area contributed by atoms with Gasteiger partial charge in [-0.05, 0) is 70.8 Å². The van der Waals surface area contributed by atoms with Gasteiger partial charge in [0.25, 0.3) is 0 Å². The predicted molar refractivity (Wildman–Crippen MR) is 262 cm³/mol. The molecule has 0 radical (unpaired) electrons. The van der Waals surface area contributed by atoms with Crippen molar-refractivity contribution in [2.24, 2.45) is 0 Å². The molecule has 3 aromatic heterocycles. The van der Waals surface area contributed by atoms with Gasteiger partial charge < -0.3 is 4.57 Å². The van der Waals surface area contributed by atoms with Crippen LogP contribution in [0, 0.1) is 0 Å². The van der Waals surface area contributed by atoms with E-state index in [4.69, 9.17) is 15.0 Å². The van der Waals surface area contributed by atoms with Crippen LogP contribution in [-0.4, -0.2) is 19.5 Å².